The summed E-state index contributed by atoms with van der Waals surface area (Å²) in [5.41, 5.74) is 0. The molecule has 0 spiro atoms. The summed E-state index contributed by atoms with van der Waals surface area (Å²) in [6.45, 7) is 4.39. The molecule has 0 aliphatic carbocycles. The van der Waals surface area contributed by atoms with Gasteiger partial charge in [-0.3, -0.25) is 4.79 Å². The number of aliphatic hydroxyl groups excluding tert-OH is 1. The number of carbonyl (C=O) groups is 1. The van der Waals surface area contributed by atoms with Crippen molar-refractivity contribution in [1.29, 1.82) is 0 Å². The molecule has 0 rings (SSSR count). The maximum atomic E-state index is 10.6. The van der Waals surface area contributed by atoms with E-state index in [0.717, 1.165) is 6.54 Å². The first-order chi connectivity index (χ1) is 5.07. The number of aliphatic hydroxyl groups is 1. The fourth-order valence-electron chi connectivity index (χ4n) is 0.694. The summed E-state index contributed by atoms with van der Waals surface area (Å²) < 4.78 is 0. The van der Waals surface area contributed by atoms with Gasteiger partial charge < -0.3 is 10.0 Å². The molecule has 0 saturated carbocycles. The topological polar surface area (TPSA) is 40.5 Å². The van der Waals surface area contributed by atoms with Crippen molar-refractivity contribution in [3.63, 3.8) is 0 Å². The Hall–Kier alpha value is -0.410. The van der Waals surface area contributed by atoms with E-state index in [1.54, 1.807) is 6.92 Å². The molecule has 0 aromatic carbocycles. The quantitative estimate of drug-likeness (QED) is 0.626. The molecule has 0 radical (unpaired) electrons. The van der Waals surface area contributed by atoms with Crippen LogP contribution in [-0.4, -0.2) is 42.0 Å². The number of nitrogens with zero attached hydrogens (tertiary/aromatic N) is 1. The second kappa shape index (κ2) is 5.27. The van der Waals surface area contributed by atoms with E-state index < -0.39 is 0 Å². The fourth-order valence-corrected chi connectivity index (χ4v) is 0.694. The van der Waals surface area contributed by atoms with Gasteiger partial charge in [0.2, 0.25) is 0 Å². The Labute approximate surface area is 68.0 Å². The van der Waals surface area contributed by atoms with Crippen LogP contribution in [0.1, 0.15) is 20.3 Å². The van der Waals surface area contributed by atoms with E-state index >= 15 is 0 Å². The number of carbonyl (C=O) groups excluding carboxylic acids is 1. The van der Waals surface area contributed by atoms with Gasteiger partial charge >= 0.3 is 0 Å². The van der Waals surface area contributed by atoms with Crippen LogP contribution in [0.2, 0.25) is 0 Å². The zero-order chi connectivity index (χ0) is 8.85. The smallest absolute Gasteiger partial charge is 0.131 e. The SMILES string of the molecule is CC(=O)CCN(C)C(C)CO. The summed E-state index contributed by atoms with van der Waals surface area (Å²) in [4.78, 5) is 12.5. The van der Waals surface area contributed by atoms with Crippen molar-refractivity contribution in [3.05, 3.63) is 0 Å². The standard InChI is InChI=1S/C8H17NO2/c1-7(6-10)9(3)5-4-8(2)11/h7,10H,4-6H2,1-3H3. The molecule has 0 fully saturated rings. The Morgan fingerprint density at radius 2 is 2.18 bits per heavy atom. The van der Waals surface area contributed by atoms with E-state index in [2.05, 4.69) is 0 Å². The number of rotatable bonds is 5. The number of Topliss-reactive ketones (excluding diaryl/α,β-unsaturated/α-hetero) is 1. The lowest BCUT2D eigenvalue weighted by molar-refractivity contribution is -0.117. The predicted octanol–water partition coefficient (Wildman–Crippen LogP) is 0.278. The molecular weight excluding hydrogens is 142 g/mol. The monoisotopic (exact) mass is 159 g/mol. The van der Waals surface area contributed by atoms with E-state index in [4.69, 9.17) is 5.11 Å². The van der Waals surface area contributed by atoms with Crippen LogP contribution < -0.4 is 0 Å². The summed E-state index contributed by atoms with van der Waals surface area (Å²) in [6, 6.07) is 0.148. The molecule has 0 bridgehead atoms. The molecule has 0 amide bonds. The largest absolute Gasteiger partial charge is 0.395 e. The highest BCUT2D eigenvalue weighted by atomic mass is 16.3. The van der Waals surface area contributed by atoms with Crippen LogP contribution in [0.4, 0.5) is 0 Å². The average Bonchev–Trinajstić information content (AvgIpc) is 1.98. The molecule has 0 heterocycles. The Morgan fingerprint density at radius 1 is 1.64 bits per heavy atom. The van der Waals surface area contributed by atoms with E-state index in [0.29, 0.717) is 6.42 Å². The molecule has 1 atom stereocenters. The summed E-state index contributed by atoms with van der Waals surface area (Å²) >= 11 is 0. The van der Waals surface area contributed by atoms with Gasteiger partial charge in [-0.15, -0.1) is 0 Å². The molecule has 1 unspecified atom stereocenters. The zero-order valence-electron chi connectivity index (χ0n) is 7.50. The normalized spacial score (nSPS) is 13.5. The van der Waals surface area contributed by atoms with Gasteiger partial charge in [-0.2, -0.15) is 0 Å². The maximum absolute atomic E-state index is 10.6. The molecule has 1 N–H and O–H groups in total. The Bertz CT molecular complexity index is 125. The lowest BCUT2D eigenvalue weighted by atomic mass is 10.2. The van der Waals surface area contributed by atoms with Crippen molar-refractivity contribution in [2.24, 2.45) is 0 Å². The van der Waals surface area contributed by atoms with Gasteiger partial charge in [0.05, 0.1) is 6.61 Å². The van der Waals surface area contributed by atoms with Crippen LogP contribution in [0, 0.1) is 0 Å². The van der Waals surface area contributed by atoms with Gasteiger partial charge in [-0.25, -0.2) is 0 Å². The number of likely N-dealkylation sites (N-methyl/N-ethyl adjacent to an activating group) is 1. The predicted molar refractivity (Wildman–Crippen MR) is 44.5 cm³/mol. The van der Waals surface area contributed by atoms with Crippen LogP contribution in [0.3, 0.4) is 0 Å². The molecule has 11 heavy (non-hydrogen) atoms. The lowest BCUT2D eigenvalue weighted by Gasteiger charge is -2.21. The molecule has 0 saturated heterocycles. The molecule has 3 heteroatoms. The first-order valence-corrected chi connectivity index (χ1v) is 3.88. The van der Waals surface area contributed by atoms with Crippen LogP contribution in [-0.2, 0) is 4.79 Å². The second-order valence-electron chi connectivity index (χ2n) is 2.96. The number of hydrogen-bond acceptors (Lipinski definition) is 3. The van der Waals surface area contributed by atoms with Gasteiger partial charge in [0.15, 0.2) is 0 Å². The van der Waals surface area contributed by atoms with Crippen molar-refractivity contribution in [2.75, 3.05) is 20.2 Å². The second-order valence-corrected chi connectivity index (χ2v) is 2.96. The molecule has 0 aliphatic heterocycles. The first kappa shape index (κ1) is 10.6. The third kappa shape index (κ3) is 4.93. The van der Waals surface area contributed by atoms with Gasteiger partial charge in [-0.05, 0) is 20.9 Å². The average molecular weight is 159 g/mol. The van der Waals surface area contributed by atoms with E-state index in [1.807, 2.05) is 18.9 Å². The van der Waals surface area contributed by atoms with Gasteiger partial charge in [0.25, 0.3) is 0 Å². The summed E-state index contributed by atoms with van der Waals surface area (Å²) in [5, 5.41) is 8.74. The van der Waals surface area contributed by atoms with Crippen LogP contribution >= 0.6 is 0 Å². The van der Waals surface area contributed by atoms with Crippen molar-refractivity contribution in [3.8, 4) is 0 Å². The summed E-state index contributed by atoms with van der Waals surface area (Å²) in [7, 11) is 1.91. The first-order valence-electron chi connectivity index (χ1n) is 3.88. The van der Waals surface area contributed by atoms with Crippen LogP contribution in [0.25, 0.3) is 0 Å². The fraction of sp³-hybridized carbons (Fsp3) is 0.875. The molecule has 0 aliphatic rings. The summed E-state index contributed by atoms with van der Waals surface area (Å²) in [5.74, 6) is 0.196. The van der Waals surface area contributed by atoms with Crippen molar-refractivity contribution in [1.82, 2.24) is 4.90 Å². The molecule has 0 aromatic rings. The van der Waals surface area contributed by atoms with Gasteiger partial charge in [0.1, 0.15) is 5.78 Å². The molecular formula is C8H17NO2. The molecule has 0 aromatic heterocycles. The van der Waals surface area contributed by atoms with Crippen molar-refractivity contribution < 1.29 is 9.90 Å². The highest BCUT2D eigenvalue weighted by molar-refractivity contribution is 5.75. The van der Waals surface area contributed by atoms with Crippen LogP contribution in [0.15, 0.2) is 0 Å². The minimum atomic E-state index is 0.147. The van der Waals surface area contributed by atoms with E-state index in [-0.39, 0.29) is 18.4 Å². The zero-order valence-corrected chi connectivity index (χ0v) is 7.50. The van der Waals surface area contributed by atoms with Gasteiger partial charge in [0, 0.05) is 19.0 Å². The van der Waals surface area contributed by atoms with E-state index in [1.165, 1.54) is 0 Å². The minimum Gasteiger partial charge on any atom is -0.395 e. The highest BCUT2D eigenvalue weighted by Crippen LogP contribution is 1.95. The van der Waals surface area contributed by atoms with Gasteiger partial charge in [-0.1, -0.05) is 0 Å². The molecule has 66 valence electrons. The third-order valence-electron chi connectivity index (χ3n) is 1.83. The third-order valence-corrected chi connectivity index (χ3v) is 1.83. The van der Waals surface area contributed by atoms with Crippen molar-refractivity contribution >= 4 is 5.78 Å². The highest BCUT2D eigenvalue weighted by Gasteiger charge is 2.07. The Balaban J connectivity index is 3.51. The Kier molecular flexibility index (Phi) is 5.07. The lowest BCUT2D eigenvalue weighted by Crippen LogP contribution is -2.33. The molecule has 3 nitrogen and oxygen atoms in total. The maximum Gasteiger partial charge on any atom is 0.131 e. The van der Waals surface area contributed by atoms with Crippen molar-refractivity contribution in [2.45, 2.75) is 26.3 Å². The minimum absolute atomic E-state index is 0.147. The van der Waals surface area contributed by atoms with Crippen LogP contribution in [0.5, 0.6) is 0 Å². The summed E-state index contributed by atoms with van der Waals surface area (Å²) in [6.07, 6.45) is 0.570. The van der Waals surface area contributed by atoms with E-state index in [9.17, 15) is 4.79 Å². The number of ketones is 1. The number of hydrogen-bond donors (Lipinski definition) is 1. The Morgan fingerprint density at radius 3 is 2.55 bits per heavy atom.